The molecule has 166 valence electrons. The van der Waals surface area contributed by atoms with Crippen molar-refractivity contribution in [2.24, 2.45) is 0 Å². The standard InChI is InChI=1S/C24H24FN3O4/c1-15-10-20(32-27-15)12-24(31)28-14-19(29)11-21(28)22(30)8-4-16-2-5-17(6-3-16)18-7-9-23(25)26-13-18/h2-3,5-7,9-10,13,19,21,29H,4,8,11-12,14H2,1H3/t19-,21+/m1/s1. The second-order valence-corrected chi connectivity index (χ2v) is 8.10. The van der Waals surface area contributed by atoms with Crippen molar-refractivity contribution in [2.75, 3.05) is 6.54 Å². The third kappa shape index (κ3) is 5.08. The lowest BCUT2D eigenvalue weighted by Crippen LogP contribution is -2.41. The molecule has 0 radical (unpaired) electrons. The van der Waals surface area contributed by atoms with Crippen molar-refractivity contribution < 1.29 is 23.6 Å². The number of benzene rings is 1. The molecule has 1 aliphatic heterocycles. The summed E-state index contributed by atoms with van der Waals surface area (Å²) in [6.45, 7) is 1.91. The lowest BCUT2D eigenvalue weighted by molar-refractivity contribution is -0.137. The first-order chi connectivity index (χ1) is 15.4. The lowest BCUT2D eigenvalue weighted by Gasteiger charge is -2.23. The molecule has 1 fully saturated rings. The van der Waals surface area contributed by atoms with E-state index >= 15 is 0 Å². The fourth-order valence-electron chi connectivity index (χ4n) is 3.99. The van der Waals surface area contributed by atoms with E-state index in [-0.39, 0.29) is 37.5 Å². The van der Waals surface area contributed by atoms with Crippen molar-refractivity contribution >= 4 is 11.7 Å². The number of nitrogens with zero attached hydrogens (tertiary/aromatic N) is 3. The number of halogens is 1. The number of likely N-dealkylation sites (tertiary alicyclic amines) is 1. The van der Waals surface area contributed by atoms with Gasteiger partial charge in [0.15, 0.2) is 5.78 Å². The van der Waals surface area contributed by atoms with Crippen LogP contribution in [0.25, 0.3) is 11.1 Å². The van der Waals surface area contributed by atoms with Gasteiger partial charge in [0.1, 0.15) is 5.76 Å². The Kier molecular flexibility index (Phi) is 6.41. The minimum Gasteiger partial charge on any atom is -0.391 e. The van der Waals surface area contributed by atoms with Crippen molar-refractivity contribution in [1.82, 2.24) is 15.0 Å². The molecule has 0 bridgehead atoms. The second-order valence-electron chi connectivity index (χ2n) is 8.10. The minimum atomic E-state index is -0.715. The summed E-state index contributed by atoms with van der Waals surface area (Å²) in [5, 5.41) is 13.8. The summed E-state index contributed by atoms with van der Waals surface area (Å²) in [6, 6.07) is 11.7. The summed E-state index contributed by atoms with van der Waals surface area (Å²) in [5.41, 5.74) is 3.38. The number of pyridine rings is 1. The third-order valence-corrected chi connectivity index (χ3v) is 5.65. The predicted molar refractivity (Wildman–Crippen MR) is 114 cm³/mol. The molecule has 1 aliphatic rings. The molecule has 3 aromatic rings. The van der Waals surface area contributed by atoms with Gasteiger partial charge in [-0.3, -0.25) is 9.59 Å². The van der Waals surface area contributed by atoms with Gasteiger partial charge in [0.05, 0.1) is 24.3 Å². The zero-order valence-electron chi connectivity index (χ0n) is 17.7. The van der Waals surface area contributed by atoms with Crippen LogP contribution in [0, 0.1) is 12.9 Å². The van der Waals surface area contributed by atoms with Crippen molar-refractivity contribution in [3.05, 3.63) is 71.6 Å². The molecule has 0 unspecified atom stereocenters. The van der Waals surface area contributed by atoms with Crippen LogP contribution in [-0.4, -0.2) is 50.5 Å². The molecule has 8 heteroatoms. The van der Waals surface area contributed by atoms with Crippen molar-refractivity contribution in [2.45, 2.75) is 44.8 Å². The number of β-amino-alcohol motifs (C(OH)–C–C–N with tert-alkyl or cyclic N) is 1. The molecule has 1 saturated heterocycles. The Morgan fingerprint density at radius 2 is 1.94 bits per heavy atom. The van der Waals surface area contributed by atoms with E-state index in [1.54, 1.807) is 19.1 Å². The molecule has 1 amide bonds. The van der Waals surface area contributed by atoms with Gasteiger partial charge >= 0.3 is 0 Å². The maximum absolute atomic E-state index is 13.0. The number of carbonyl (C=O) groups excluding carboxylic acids is 2. The molecule has 3 heterocycles. The van der Waals surface area contributed by atoms with Crippen LogP contribution in [0.2, 0.25) is 0 Å². The molecule has 32 heavy (non-hydrogen) atoms. The number of hydrogen-bond acceptors (Lipinski definition) is 6. The Labute approximate surface area is 184 Å². The fourth-order valence-corrected chi connectivity index (χ4v) is 3.99. The smallest absolute Gasteiger partial charge is 0.231 e. The fraction of sp³-hybridized carbons (Fsp3) is 0.333. The summed E-state index contributed by atoms with van der Waals surface area (Å²) in [5.74, 6) is -0.412. The average molecular weight is 437 g/mol. The summed E-state index contributed by atoms with van der Waals surface area (Å²) >= 11 is 0. The van der Waals surface area contributed by atoms with Gasteiger partial charge in [-0.2, -0.15) is 4.39 Å². The van der Waals surface area contributed by atoms with E-state index in [0.717, 1.165) is 16.7 Å². The molecule has 7 nitrogen and oxygen atoms in total. The van der Waals surface area contributed by atoms with Crippen LogP contribution in [0.3, 0.4) is 0 Å². The molecular formula is C24H24FN3O4. The molecule has 4 rings (SSSR count). The molecule has 2 atom stereocenters. The van der Waals surface area contributed by atoms with E-state index in [0.29, 0.717) is 17.9 Å². The van der Waals surface area contributed by atoms with Gasteiger partial charge in [0.25, 0.3) is 0 Å². The summed E-state index contributed by atoms with van der Waals surface area (Å²) in [7, 11) is 0. The van der Waals surface area contributed by atoms with Crippen LogP contribution < -0.4 is 0 Å². The van der Waals surface area contributed by atoms with Gasteiger partial charge in [0, 0.05) is 37.2 Å². The Hall–Kier alpha value is -3.39. The number of Topliss-reactive ketones (excluding diaryl/α,β-unsaturated/α-hetero) is 1. The highest BCUT2D eigenvalue weighted by Crippen LogP contribution is 2.23. The van der Waals surface area contributed by atoms with Crippen molar-refractivity contribution in [3.8, 4) is 11.1 Å². The van der Waals surface area contributed by atoms with Gasteiger partial charge in [0.2, 0.25) is 11.9 Å². The van der Waals surface area contributed by atoms with Gasteiger partial charge < -0.3 is 14.5 Å². The van der Waals surface area contributed by atoms with Gasteiger partial charge in [-0.15, -0.1) is 0 Å². The number of aliphatic hydroxyl groups excluding tert-OH is 1. The van der Waals surface area contributed by atoms with Gasteiger partial charge in [-0.25, -0.2) is 4.98 Å². The topological polar surface area (TPSA) is 96.5 Å². The Bertz CT molecular complexity index is 1100. The summed E-state index contributed by atoms with van der Waals surface area (Å²) < 4.78 is 18.1. The highest BCUT2D eigenvalue weighted by atomic mass is 19.1. The first-order valence-corrected chi connectivity index (χ1v) is 10.5. The van der Waals surface area contributed by atoms with Crippen LogP contribution in [0.4, 0.5) is 4.39 Å². The van der Waals surface area contributed by atoms with E-state index in [4.69, 9.17) is 4.52 Å². The average Bonchev–Trinajstić information content (AvgIpc) is 3.38. The number of ketones is 1. The number of rotatable bonds is 7. The molecule has 1 N–H and O–H groups in total. The maximum Gasteiger partial charge on any atom is 0.231 e. The summed E-state index contributed by atoms with van der Waals surface area (Å²) in [4.78, 5) is 30.7. The normalized spacial score (nSPS) is 18.2. The third-order valence-electron chi connectivity index (χ3n) is 5.65. The summed E-state index contributed by atoms with van der Waals surface area (Å²) in [6.07, 6.45) is 1.81. The molecule has 0 saturated carbocycles. The Balaban J connectivity index is 1.35. The van der Waals surface area contributed by atoms with E-state index in [1.165, 1.54) is 17.2 Å². The van der Waals surface area contributed by atoms with Crippen LogP contribution in [0.1, 0.15) is 29.9 Å². The Morgan fingerprint density at radius 3 is 2.59 bits per heavy atom. The Morgan fingerprint density at radius 1 is 1.19 bits per heavy atom. The van der Waals surface area contributed by atoms with Crippen LogP contribution in [0.5, 0.6) is 0 Å². The zero-order chi connectivity index (χ0) is 22.7. The van der Waals surface area contributed by atoms with E-state index in [9.17, 15) is 19.1 Å². The number of aryl methyl sites for hydroxylation is 2. The molecule has 0 spiro atoms. The highest BCUT2D eigenvalue weighted by molar-refractivity contribution is 5.90. The minimum absolute atomic E-state index is 0.0110. The first-order valence-electron chi connectivity index (χ1n) is 10.5. The van der Waals surface area contributed by atoms with Gasteiger partial charge in [-0.05, 0) is 36.6 Å². The van der Waals surface area contributed by atoms with Crippen LogP contribution >= 0.6 is 0 Å². The van der Waals surface area contributed by atoms with Gasteiger partial charge in [-0.1, -0.05) is 29.4 Å². The van der Waals surface area contributed by atoms with Crippen LogP contribution in [0.15, 0.2) is 53.2 Å². The molecule has 0 aliphatic carbocycles. The first kappa shape index (κ1) is 21.8. The van der Waals surface area contributed by atoms with E-state index < -0.39 is 18.1 Å². The van der Waals surface area contributed by atoms with E-state index in [1.807, 2.05) is 24.3 Å². The number of aromatic nitrogens is 2. The number of aliphatic hydroxyl groups is 1. The number of amides is 1. The maximum atomic E-state index is 13.0. The number of hydrogen-bond donors (Lipinski definition) is 1. The molecule has 2 aromatic heterocycles. The van der Waals surface area contributed by atoms with E-state index in [2.05, 4.69) is 10.1 Å². The van der Waals surface area contributed by atoms with Crippen molar-refractivity contribution in [1.29, 1.82) is 0 Å². The quantitative estimate of drug-likeness (QED) is 0.571. The largest absolute Gasteiger partial charge is 0.391 e. The molecular weight excluding hydrogens is 413 g/mol. The SMILES string of the molecule is Cc1cc(CC(=O)N2C[C@H](O)C[C@H]2C(=O)CCc2ccc(-c3ccc(F)nc3)cc2)on1. The lowest BCUT2D eigenvalue weighted by atomic mass is 9.99. The second kappa shape index (κ2) is 9.40. The monoisotopic (exact) mass is 437 g/mol. The zero-order valence-corrected chi connectivity index (χ0v) is 17.7. The van der Waals surface area contributed by atoms with Crippen molar-refractivity contribution in [3.63, 3.8) is 0 Å². The van der Waals surface area contributed by atoms with Crippen LogP contribution in [-0.2, 0) is 22.4 Å². The number of carbonyl (C=O) groups is 2. The predicted octanol–water partition coefficient (Wildman–Crippen LogP) is 2.89. The highest BCUT2D eigenvalue weighted by Gasteiger charge is 2.38. The molecule has 1 aromatic carbocycles.